The normalized spacial score (nSPS) is 11.2. The van der Waals surface area contributed by atoms with Gasteiger partial charge in [0.25, 0.3) is 0 Å². The molecule has 4 aromatic heterocycles. The van der Waals surface area contributed by atoms with Gasteiger partial charge in [0.1, 0.15) is 22.8 Å². The average Bonchev–Trinajstić information content (AvgIpc) is 2.92. The van der Waals surface area contributed by atoms with E-state index in [-0.39, 0.29) is 40.6 Å². The van der Waals surface area contributed by atoms with Crippen molar-refractivity contribution in [3.8, 4) is 11.1 Å². The van der Waals surface area contributed by atoms with Gasteiger partial charge in [0.15, 0.2) is 0 Å². The number of rotatable bonds is 9. The highest BCUT2D eigenvalue weighted by atomic mass is 16.4. The van der Waals surface area contributed by atoms with Crippen molar-refractivity contribution < 1.29 is 39.6 Å². The topological polar surface area (TPSA) is 201 Å². The number of carboxylic acids is 4. The van der Waals surface area contributed by atoms with Crippen LogP contribution in [-0.4, -0.2) is 64.2 Å². The summed E-state index contributed by atoms with van der Waals surface area (Å²) in [6.07, 6.45) is 0.0103. The van der Waals surface area contributed by atoms with Gasteiger partial charge in [-0.05, 0) is 73.5 Å². The van der Waals surface area contributed by atoms with Crippen LogP contribution in [0.4, 0.5) is 0 Å². The molecule has 12 nitrogen and oxygen atoms in total. The highest BCUT2D eigenvalue weighted by Crippen LogP contribution is 2.33. The third kappa shape index (κ3) is 5.80. The van der Waals surface area contributed by atoms with Crippen molar-refractivity contribution in [2.24, 2.45) is 0 Å². The van der Waals surface area contributed by atoms with Crippen LogP contribution in [0.1, 0.15) is 78.6 Å². The van der Waals surface area contributed by atoms with Gasteiger partial charge in [-0.25, -0.2) is 39.1 Å². The lowest BCUT2D eigenvalue weighted by atomic mass is 9.83. The van der Waals surface area contributed by atoms with E-state index in [0.717, 1.165) is 0 Å². The van der Waals surface area contributed by atoms with E-state index in [0.29, 0.717) is 22.5 Å². The highest BCUT2D eigenvalue weighted by molar-refractivity contribution is 5.90. The van der Waals surface area contributed by atoms with Crippen LogP contribution < -0.4 is 0 Å². The second-order valence-electron chi connectivity index (χ2n) is 9.30. The first-order valence-corrected chi connectivity index (χ1v) is 11.8. The monoisotopic (exact) mass is 542 g/mol. The third-order valence-electron chi connectivity index (χ3n) is 6.11. The zero-order chi connectivity index (χ0) is 29.2. The second kappa shape index (κ2) is 10.7. The lowest BCUT2D eigenvalue weighted by Gasteiger charge is -2.25. The van der Waals surface area contributed by atoms with E-state index in [1.54, 1.807) is 38.1 Å². The molecule has 0 aliphatic rings. The van der Waals surface area contributed by atoms with Crippen LogP contribution in [0.2, 0.25) is 0 Å². The molecular weight excluding hydrogens is 520 g/mol. The Balaban J connectivity index is 1.85. The Bertz CT molecular complexity index is 1680. The summed E-state index contributed by atoms with van der Waals surface area (Å²) < 4.78 is 0. The lowest BCUT2D eigenvalue weighted by Crippen LogP contribution is -2.24. The number of carbonyl (C=O) groups is 4. The minimum Gasteiger partial charge on any atom is -0.477 e. The highest BCUT2D eigenvalue weighted by Gasteiger charge is 2.29. The summed E-state index contributed by atoms with van der Waals surface area (Å²) in [7, 11) is 0. The first-order chi connectivity index (χ1) is 18.8. The third-order valence-corrected chi connectivity index (χ3v) is 6.11. The van der Waals surface area contributed by atoms with Crippen LogP contribution in [-0.2, 0) is 11.8 Å². The summed E-state index contributed by atoms with van der Waals surface area (Å²) in [4.78, 5) is 63.3. The van der Waals surface area contributed by atoms with E-state index in [1.165, 1.54) is 36.4 Å². The maximum Gasteiger partial charge on any atom is 0.354 e. The molecule has 0 saturated carbocycles. The van der Waals surface area contributed by atoms with Crippen LogP contribution in [0.5, 0.6) is 0 Å². The Morgan fingerprint density at radius 3 is 1.65 bits per heavy atom. The van der Waals surface area contributed by atoms with Crippen molar-refractivity contribution in [3.63, 3.8) is 0 Å². The standard InChI is InChI=1S/C28H22N4O8/c1-28(2,22-8-4-7-19(31-22)25(35)36)23-12-15(11-21(32-23)27(39)40)14-9-17(30-20(10-14)26(37)38)13-16-5-3-6-18(29-16)24(33)34/h3-12H,13H2,1-2H3,(H,33,34)(H,35,36)(H,37,38)(H,39,40). The number of pyridine rings is 4. The molecule has 0 fully saturated rings. The van der Waals surface area contributed by atoms with E-state index >= 15 is 0 Å². The number of aromatic carboxylic acids is 4. The lowest BCUT2D eigenvalue weighted by molar-refractivity contribution is 0.0679. The molecule has 12 heteroatoms. The Labute approximate surface area is 226 Å². The number of nitrogens with zero attached hydrogens (tertiary/aromatic N) is 4. The zero-order valence-corrected chi connectivity index (χ0v) is 21.2. The Morgan fingerprint density at radius 1 is 0.575 bits per heavy atom. The molecular formula is C28H22N4O8. The molecule has 0 atom stereocenters. The minimum absolute atomic E-state index is 0.0103. The fourth-order valence-corrected chi connectivity index (χ4v) is 4.00. The fourth-order valence-electron chi connectivity index (χ4n) is 4.00. The summed E-state index contributed by atoms with van der Waals surface area (Å²) in [6, 6.07) is 14.6. The van der Waals surface area contributed by atoms with Gasteiger partial charge < -0.3 is 20.4 Å². The summed E-state index contributed by atoms with van der Waals surface area (Å²) in [5, 5.41) is 38.1. The first-order valence-electron chi connectivity index (χ1n) is 11.8. The molecule has 0 spiro atoms. The van der Waals surface area contributed by atoms with Crippen LogP contribution in [0, 0.1) is 0 Å². The largest absolute Gasteiger partial charge is 0.477 e. The Kier molecular flexibility index (Phi) is 7.35. The van der Waals surface area contributed by atoms with Crippen molar-refractivity contribution in [1.82, 2.24) is 19.9 Å². The van der Waals surface area contributed by atoms with E-state index in [4.69, 9.17) is 0 Å². The molecule has 0 aromatic carbocycles. The minimum atomic E-state index is -1.33. The molecule has 0 amide bonds. The Morgan fingerprint density at radius 2 is 1.05 bits per heavy atom. The van der Waals surface area contributed by atoms with Gasteiger partial charge in [-0.1, -0.05) is 12.1 Å². The van der Waals surface area contributed by atoms with Gasteiger partial charge in [-0.2, -0.15) is 0 Å². The molecule has 4 rings (SSSR count). The average molecular weight is 543 g/mol. The van der Waals surface area contributed by atoms with Crippen LogP contribution in [0.15, 0.2) is 60.7 Å². The van der Waals surface area contributed by atoms with E-state index in [2.05, 4.69) is 19.9 Å². The van der Waals surface area contributed by atoms with Gasteiger partial charge in [-0.15, -0.1) is 0 Å². The van der Waals surface area contributed by atoms with E-state index < -0.39 is 29.3 Å². The predicted molar refractivity (Wildman–Crippen MR) is 139 cm³/mol. The summed E-state index contributed by atoms with van der Waals surface area (Å²) in [6.45, 7) is 3.42. The van der Waals surface area contributed by atoms with Gasteiger partial charge >= 0.3 is 23.9 Å². The zero-order valence-electron chi connectivity index (χ0n) is 21.2. The smallest absolute Gasteiger partial charge is 0.354 e. The molecule has 202 valence electrons. The van der Waals surface area contributed by atoms with Crippen LogP contribution in [0.25, 0.3) is 11.1 Å². The molecule has 4 heterocycles. The number of hydrogen-bond acceptors (Lipinski definition) is 8. The molecule has 4 aromatic rings. The van der Waals surface area contributed by atoms with Gasteiger partial charge in [0.05, 0.1) is 11.4 Å². The maximum absolute atomic E-state index is 12.0. The van der Waals surface area contributed by atoms with Crippen molar-refractivity contribution >= 4 is 23.9 Å². The van der Waals surface area contributed by atoms with Gasteiger partial charge in [0.2, 0.25) is 0 Å². The van der Waals surface area contributed by atoms with Crippen molar-refractivity contribution in [2.45, 2.75) is 25.7 Å². The van der Waals surface area contributed by atoms with Gasteiger partial charge in [-0.3, -0.25) is 0 Å². The summed E-state index contributed by atoms with van der Waals surface area (Å²) >= 11 is 0. The van der Waals surface area contributed by atoms with E-state index in [1.807, 2.05) is 0 Å². The van der Waals surface area contributed by atoms with Crippen molar-refractivity contribution in [1.29, 1.82) is 0 Å². The molecule has 0 aliphatic heterocycles. The second-order valence-corrected chi connectivity index (χ2v) is 9.30. The summed E-state index contributed by atoms with van der Waals surface area (Å²) in [5.41, 5.74) is -0.211. The SMILES string of the molecule is CC(C)(c1cccc(C(=O)O)n1)c1cc(-c2cc(Cc3cccc(C(=O)O)n3)nc(C(=O)O)c2)cc(C(=O)O)n1. The molecule has 0 saturated heterocycles. The Hall–Kier alpha value is -5.52. The molecule has 4 N–H and O–H groups in total. The first kappa shape index (κ1) is 27.5. The van der Waals surface area contributed by atoms with Crippen LogP contribution >= 0.6 is 0 Å². The molecule has 0 radical (unpaired) electrons. The van der Waals surface area contributed by atoms with Crippen molar-refractivity contribution in [3.05, 3.63) is 106 Å². The summed E-state index contributed by atoms with van der Waals surface area (Å²) in [5.74, 6) is -5.09. The van der Waals surface area contributed by atoms with Crippen molar-refractivity contribution in [2.75, 3.05) is 0 Å². The number of carboxylic acid groups (broad SMARTS) is 4. The molecule has 40 heavy (non-hydrogen) atoms. The molecule has 0 unspecified atom stereocenters. The number of hydrogen-bond donors (Lipinski definition) is 4. The number of aromatic nitrogens is 4. The van der Waals surface area contributed by atoms with Crippen LogP contribution in [0.3, 0.4) is 0 Å². The quantitative estimate of drug-likeness (QED) is 0.239. The van der Waals surface area contributed by atoms with Gasteiger partial charge in [0, 0.05) is 23.2 Å². The maximum atomic E-state index is 12.0. The van der Waals surface area contributed by atoms with E-state index in [9.17, 15) is 39.6 Å². The molecule has 0 bridgehead atoms. The molecule has 0 aliphatic carbocycles. The fraction of sp³-hybridized carbons (Fsp3) is 0.143. The predicted octanol–water partition coefficient (Wildman–Crippen LogP) is 3.64.